The molecule has 20 heavy (non-hydrogen) atoms. The SMILES string of the molecule is CC[C@@H]1CCC(=O)N([C@@H](CO)c2ccccc2)[C@H]1CC. The van der Waals surface area contributed by atoms with Gasteiger partial charge in [-0.05, 0) is 24.3 Å². The lowest BCUT2D eigenvalue weighted by Crippen LogP contribution is -2.50. The first-order valence-electron chi connectivity index (χ1n) is 7.69. The second kappa shape index (κ2) is 6.89. The van der Waals surface area contributed by atoms with Gasteiger partial charge in [-0.3, -0.25) is 4.79 Å². The number of carbonyl (C=O) groups is 1. The largest absolute Gasteiger partial charge is 0.394 e. The van der Waals surface area contributed by atoms with Gasteiger partial charge in [-0.15, -0.1) is 0 Å². The molecule has 3 heteroatoms. The summed E-state index contributed by atoms with van der Waals surface area (Å²) in [7, 11) is 0. The van der Waals surface area contributed by atoms with Gasteiger partial charge in [0.2, 0.25) is 5.91 Å². The molecule has 3 atom stereocenters. The van der Waals surface area contributed by atoms with Crippen molar-refractivity contribution in [3.8, 4) is 0 Å². The van der Waals surface area contributed by atoms with Crippen molar-refractivity contribution in [1.82, 2.24) is 4.90 Å². The first kappa shape index (κ1) is 15.0. The molecule has 110 valence electrons. The maximum absolute atomic E-state index is 12.4. The second-order valence-corrected chi connectivity index (χ2v) is 5.59. The van der Waals surface area contributed by atoms with Crippen molar-refractivity contribution < 1.29 is 9.90 Å². The number of aliphatic hydroxyl groups excluding tert-OH is 1. The summed E-state index contributed by atoms with van der Waals surface area (Å²) in [5, 5.41) is 9.83. The van der Waals surface area contributed by atoms with Crippen molar-refractivity contribution in [2.75, 3.05) is 6.61 Å². The molecule has 1 heterocycles. The topological polar surface area (TPSA) is 40.5 Å². The van der Waals surface area contributed by atoms with Crippen LogP contribution in [0.25, 0.3) is 0 Å². The van der Waals surface area contributed by atoms with Crippen LogP contribution in [0.4, 0.5) is 0 Å². The van der Waals surface area contributed by atoms with Crippen molar-refractivity contribution in [1.29, 1.82) is 0 Å². The Morgan fingerprint density at radius 3 is 2.50 bits per heavy atom. The Morgan fingerprint density at radius 1 is 1.25 bits per heavy atom. The molecule has 0 unspecified atom stereocenters. The van der Waals surface area contributed by atoms with E-state index in [0.29, 0.717) is 12.3 Å². The first-order chi connectivity index (χ1) is 9.72. The summed E-state index contributed by atoms with van der Waals surface area (Å²) in [6, 6.07) is 9.92. The van der Waals surface area contributed by atoms with Crippen molar-refractivity contribution in [3.63, 3.8) is 0 Å². The van der Waals surface area contributed by atoms with Gasteiger partial charge in [-0.2, -0.15) is 0 Å². The molecule has 1 aromatic carbocycles. The van der Waals surface area contributed by atoms with Crippen LogP contribution in [0.1, 0.15) is 51.1 Å². The average Bonchev–Trinajstić information content (AvgIpc) is 2.50. The van der Waals surface area contributed by atoms with E-state index in [1.807, 2.05) is 35.2 Å². The summed E-state index contributed by atoms with van der Waals surface area (Å²) in [6.07, 6.45) is 3.64. The number of aliphatic hydroxyl groups is 1. The quantitative estimate of drug-likeness (QED) is 0.896. The molecule has 1 aliphatic heterocycles. The van der Waals surface area contributed by atoms with Crippen LogP contribution >= 0.6 is 0 Å². The lowest BCUT2D eigenvalue weighted by Gasteiger charge is -2.44. The van der Waals surface area contributed by atoms with E-state index in [1.165, 1.54) is 0 Å². The third-order valence-corrected chi connectivity index (χ3v) is 4.55. The molecule has 0 saturated carbocycles. The zero-order chi connectivity index (χ0) is 14.5. The summed E-state index contributed by atoms with van der Waals surface area (Å²) < 4.78 is 0. The van der Waals surface area contributed by atoms with Gasteiger partial charge in [-0.1, -0.05) is 50.6 Å². The standard InChI is InChI=1S/C17H25NO2/c1-3-13-10-11-17(20)18(15(13)4-2)16(12-19)14-8-6-5-7-9-14/h5-9,13,15-16,19H,3-4,10-12H2,1-2H3/t13-,15+,16+/m1/s1. The molecule has 3 nitrogen and oxygen atoms in total. The maximum Gasteiger partial charge on any atom is 0.223 e. The Labute approximate surface area is 121 Å². The van der Waals surface area contributed by atoms with E-state index in [1.54, 1.807) is 0 Å². The summed E-state index contributed by atoms with van der Waals surface area (Å²) in [5.74, 6) is 0.736. The normalized spacial score (nSPS) is 24.8. The smallest absolute Gasteiger partial charge is 0.223 e. The van der Waals surface area contributed by atoms with Crippen LogP contribution in [0.5, 0.6) is 0 Å². The van der Waals surface area contributed by atoms with Gasteiger partial charge in [0.25, 0.3) is 0 Å². The van der Waals surface area contributed by atoms with Gasteiger partial charge in [0, 0.05) is 12.5 Å². The summed E-state index contributed by atoms with van der Waals surface area (Å²) >= 11 is 0. The Hall–Kier alpha value is -1.35. The Bertz CT molecular complexity index is 432. The number of nitrogens with zero attached hydrogens (tertiary/aromatic N) is 1. The van der Waals surface area contributed by atoms with Crippen LogP contribution < -0.4 is 0 Å². The molecular weight excluding hydrogens is 250 g/mol. The molecule has 1 aromatic rings. The number of amides is 1. The molecule has 0 aliphatic carbocycles. The lowest BCUT2D eigenvalue weighted by atomic mass is 9.83. The molecule has 1 fully saturated rings. The highest BCUT2D eigenvalue weighted by atomic mass is 16.3. The van der Waals surface area contributed by atoms with E-state index < -0.39 is 0 Å². The van der Waals surface area contributed by atoms with Crippen molar-refractivity contribution in [2.24, 2.45) is 5.92 Å². The van der Waals surface area contributed by atoms with E-state index >= 15 is 0 Å². The van der Waals surface area contributed by atoms with Gasteiger partial charge in [0.1, 0.15) is 0 Å². The Balaban J connectivity index is 2.32. The monoisotopic (exact) mass is 275 g/mol. The van der Waals surface area contributed by atoms with Crippen LogP contribution in [0.3, 0.4) is 0 Å². The summed E-state index contributed by atoms with van der Waals surface area (Å²) in [6.45, 7) is 4.32. The number of rotatable bonds is 5. The minimum Gasteiger partial charge on any atom is -0.394 e. The van der Waals surface area contributed by atoms with Crippen LogP contribution in [0.2, 0.25) is 0 Å². The van der Waals surface area contributed by atoms with Gasteiger partial charge >= 0.3 is 0 Å². The maximum atomic E-state index is 12.4. The van der Waals surface area contributed by atoms with E-state index in [4.69, 9.17) is 0 Å². The molecule has 0 spiro atoms. The lowest BCUT2D eigenvalue weighted by molar-refractivity contribution is -0.144. The third kappa shape index (κ3) is 2.88. The van der Waals surface area contributed by atoms with Gasteiger partial charge in [0.15, 0.2) is 0 Å². The number of likely N-dealkylation sites (tertiary alicyclic amines) is 1. The third-order valence-electron chi connectivity index (χ3n) is 4.55. The summed E-state index contributed by atoms with van der Waals surface area (Å²) in [4.78, 5) is 14.4. The van der Waals surface area contributed by atoms with Gasteiger partial charge in [-0.25, -0.2) is 0 Å². The minimum atomic E-state index is -0.206. The molecule has 0 bridgehead atoms. The van der Waals surface area contributed by atoms with E-state index in [-0.39, 0.29) is 24.6 Å². The minimum absolute atomic E-state index is 0.0112. The first-order valence-corrected chi connectivity index (χ1v) is 7.69. The zero-order valence-electron chi connectivity index (χ0n) is 12.5. The molecule has 1 aliphatic rings. The highest BCUT2D eigenvalue weighted by Gasteiger charge is 2.37. The van der Waals surface area contributed by atoms with Crippen molar-refractivity contribution in [2.45, 2.75) is 51.6 Å². The van der Waals surface area contributed by atoms with Crippen molar-refractivity contribution in [3.05, 3.63) is 35.9 Å². The highest BCUT2D eigenvalue weighted by Crippen LogP contribution is 2.35. The number of benzene rings is 1. The summed E-state index contributed by atoms with van der Waals surface area (Å²) in [5.41, 5.74) is 1.03. The fourth-order valence-electron chi connectivity index (χ4n) is 3.48. The molecule has 2 rings (SSSR count). The van der Waals surface area contributed by atoms with Gasteiger partial charge in [0.05, 0.1) is 12.6 Å². The van der Waals surface area contributed by atoms with Crippen LogP contribution in [0, 0.1) is 5.92 Å². The molecule has 1 amide bonds. The van der Waals surface area contributed by atoms with E-state index in [0.717, 1.165) is 24.8 Å². The highest BCUT2D eigenvalue weighted by molar-refractivity contribution is 5.78. The molecular formula is C17H25NO2. The molecule has 0 aromatic heterocycles. The number of piperidine rings is 1. The van der Waals surface area contributed by atoms with Crippen LogP contribution in [0.15, 0.2) is 30.3 Å². The van der Waals surface area contributed by atoms with Crippen LogP contribution in [-0.4, -0.2) is 28.6 Å². The number of hydrogen-bond acceptors (Lipinski definition) is 2. The fourth-order valence-corrected chi connectivity index (χ4v) is 3.48. The predicted octanol–water partition coefficient (Wildman–Crippen LogP) is 3.15. The average molecular weight is 275 g/mol. The molecule has 1 saturated heterocycles. The zero-order valence-corrected chi connectivity index (χ0v) is 12.5. The van der Waals surface area contributed by atoms with Gasteiger partial charge < -0.3 is 10.0 Å². The van der Waals surface area contributed by atoms with Crippen LogP contribution in [-0.2, 0) is 4.79 Å². The second-order valence-electron chi connectivity index (χ2n) is 5.59. The number of carbonyl (C=O) groups excluding carboxylic acids is 1. The van der Waals surface area contributed by atoms with Crippen molar-refractivity contribution >= 4 is 5.91 Å². The Morgan fingerprint density at radius 2 is 1.95 bits per heavy atom. The number of hydrogen-bond donors (Lipinski definition) is 1. The molecule has 1 N–H and O–H groups in total. The fraction of sp³-hybridized carbons (Fsp3) is 0.588. The van der Waals surface area contributed by atoms with E-state index in [9.17, 15) is 9.90 Å². The Kier molecular flexibility index (Phi) is 5.18. The molecule has 0 radical (unpaired) electrons. The van der Waals surface area contributed by atoms with E-state index in [2.05, 4.69) is 13.8 Å². The predicted molar refractivity (Wildman–Crippen MR) is 80.2 cm³/mol.